The summed E-state index contributed by atoms with van der Waals surface area (Å²) in [7, 11) is 5.10. The molecular formula is C15H25N3O2S. The largest absolute Gasteiger partial charge is 0.492 e. The first kappa shape index (κ1) is 15.9. The van der Waals surface area contributed by atoms with Crippen LogP contribution in [0.1, 0.15) is 41.8 Å². The van der Waals surface area contributed by atoms with Gasteiger partial charge in [-0.3, -0.25) is 4.79 Å². The van der Waals surface area contributed by atoms with Gasteiger partial charge in [0.1, 0.15) is 15.6 Å². The average Bonchev–Trinajstić information content (AvgIpc) is 2.74. The van der Waals surface area contributed by atoms with Crippen LogP contribution in [-0.4, -0.2) is 45.1 Å². The lowest BCUT2D eigenvalue weighted by molar-refractivity contribution is 0.0833. The van der Waals surface area contributed by atoms with Crippen molar-refractivity contribution in [1.29, 1.82) is 0 Å². The fourth-order valence-corrected chi connectivity index (χ4v) is 3.90. The van der Waals surface area contributed by atoms with E-state index in [1.165, 1.54) is 43.4 Å². The van der Waals surface area contributed by atoms with Gasteiger partial charge in [0.25, 0.3) is 5.91 Å². The Morgan fingerprint density at radius 1 is 1.19 bits per heavy atom. The van der Waals surface area contributed by atoms with Crippen LogP contribution >= 0.6 is 11.3 Å². The summed E-state index contributed by atoms with van der Waals surface area (Å²) >= 11 is 1.45. The highest BCUT2D eigenvalue weighted by molar-refractivity contribution is 7.19. The zero-order valence-corrected chi connectivity index (χ0v) is 14.0. The first-order valence-corrected chi connectivity index (χ1v) is 8.30. The van der Waals surface area contributed by atoms with Crippen LogP contribution in [0, 0.1) is 0 Å². The van der Waals surface area contributed by atoms with Crippen molar-refractivity contribution in [2.75, 3.05) is 44.9 Å². The number of ether oxygens (including phenoxy) is 1. The van der Waals surface area contributed by atoms with E-state index in [1.807, 2.05) is 0 Å². The summed E-state index contributed by atoms with van der Waals surface area (Å²) in [5.41, 5.74) is 6.61. The van der Waals surface area contributed by atoms with E-state index in [0.29, 0.717) is 16.3 Å². The molecule has 118 valence electrons. The summed E-state index contributed by atoms with van der Waals surface area (Å²) in [4.78, 5) is 16.7. The molecule has 0 bridgehead atoms. The summed E-state index contributed by atoms with van der Waals surface area (Å²) in [5.74, 6) is 0.597. The lowest BCUT2D eigenvalue weighted by Gasteiger charge is -2.26. The molecule has 2 heterocycles. The van der Waals surface area contributed by atoms with Crippen LogP contribution in [0.3, 0.4) is 0 Å². The van der Waals surface area contributed by atoms with E-state index in [2.05, 4.69) is 4.90 Å². The minimum Gasteiger partial charge on any atom is -0.492 e. The first-order chi connectivity index (χ1) is 10.1. The van der Waals surface area contributed by atoms with Gasteiger partial charge in [-0.2, -0.15) is 0 Å². The molecule has 6 heteroatoms. The molecule has 1 fully saturated rings. The lowest BCUT2D eigenvalue weighted by Crippen LogP contribution is -2.26. The average molecular weight is 311 g/mol. The Morgan fingerprint density at radius 3 is 2.29 bits per heavy atom. The van der Waals surface area contributed by atoms with Gasteiger partial charge in [-0.15, -0.1) is 11.3 Å². The Labute approximate surface area is 130 Å². The van der Waals surface area contributed by atoms with Crippen LogP contribution < -0.4 is 15.4 Å². The third-order valence-electron chi connectivity index (χ3n) is 3.83. The SMILES string of the molecule is COc1c(N2CCCCCCC2)sc(C(=O)N(C)C)c1N. The van der Waals surface area contributed by atoms with E-state index in [1.54, 1.807) is 26.1 Å². The molecule has 1 aliphatic rings. The second-order valence-corrected chi connectivity index (χ2v) is 6.64. The third kappa shape index (κ3) is 3.43. The van der Waals surface area contributed by atoms with E-state index in [-0.39, 0.29) is 5.91 Å². The van der Waals surface area contributed by atoms with Crippen LogP contribution in [-0.2, 0) is 0 Å². The maximum Gasteiger partial charge on any atom is 0.265 e. The second-order valence-electron chi connectivity index (χ2n) is 5.64. The molecule has 0 spiro atoms. The fraction of sp³-hybridized carbons (Fsp3) is 0.667. The maximum absolute atomic E-state index is 12.2. The number of nitrogen functional groups attached to an aromatic ring is 1. The second kappa shape index (κ2) is 7.02. The predicted octanol–water partition coefficient (Wildman–Crippen LogP) is 2.81. The van der Waals surface area contributed by atoms with Crippen LogP contribution in [0.15, 0.2) is 0 Å². The fourth-order valence-electron chi connectivity index (χ4n) is 2.63. The lowest BCUT2D eigenvalue weighted by atomic mass is 10.1. The van der Waals surface area contributed by atoms with Crippen molar-refractivity contribution in [3.05, 3.63) is 4.88 Å². The number of thiophene rings is 1. The Kier molecular flexibility index (Phi) is 5.33. The molecule has 0 aliphatic carbocycles. The van der Waals surface area contributed by atoms with E-state index in [0.717, 1.165) is 18.1 Å². The first-order valence-electron chi connectivity index (χ1n) is 7.49. The highest BCUT2D eigenvalue weighted by Gasteiger charge is 2.26. The van der Waals surface area contributed by atoms with Gasteiger partial charge in [0.2, 0.25) is 0 Å². The molecule has 0 radical (unpaired) electrons. The number of amides is 1. The maximum atomic E-state index is 12.2. The molecule has 2 rings (SSSR count). The highest BCUT2D eigenvalue weighted by atomic mass is 32.1. The van der Waals surface area contributed by atoms with Crippen molar-refractivity contribution < 1.29 is 9.53 Å². The van der Waals surface area contributed by atoms with Gasteiger partial charge in [-0.1, -0.05) is 19.3 Å². The summed E-state index contributed by atoms with van der Waals surface area (Å²) < 4.78 is 5.48. The quantitative estimate of drug-likeness (QED) is 0.932. The number of rotatable bonds is 3. The topological polar surface area (TPSA) is 58.8 Å². The zero-order valence-electron chi connectivity index (χ0n) is 13.1. The smallest absolute Gasteiger partial charge is 0.265 e. The van der Waals surface area contributed by atoms with Crippen molar-refractivity contribution in [3.8, 4) is 5.75 Å². The number of nitrogens with zero attached hydrogens (tertiary/aromatic N) is 2. The molecule has 5 nitrogen and oxygen atoms in total. The molecular weight excluding hydrogens is 286 g/mol. The van der Waals surface area contributed by atoms with Gasteiger partial charge in [0, 0.05) is 27.2 Å². The molecule has 1 aliphatic heterocycles. The minimum absolute atomic E-state index is 0.0610. The molecule has 0 atom stereocenters. The van der Waals surface area contributed by atoms with E-state index in [4.69, 9.17) is 10.5 Å². The number of anilines is 2. The summed E-state index contributed by atoms with van der Waals surface area (Å²) in [5, 5.41) is 1.00. The van der Waals surface area contributed by atoms with Crippen LogP contribution in [0.5, 0.6) is 5.75 Å². The minimum atomic E-state index is -0.0610. The van der Waals surface area contributed by atoms with E-state index >= 15 is 0 Å². The Bertz CT molecular complexity index is 491. The molecule has 0 unspecified atom stereocenters. The third-order valence-corrected chi connectivity index (χ3v) is 5.07. The van der Waals surface area contributed by atoms with Crippen molar-refractivity contribution in [2.24, 2.45) is 0 Å². The zero-order chi connectivity index (χ0) is 15.4. The standard InChI is InChI=1S/C15H25N3O2S/c1-17(2)14(19)13-11(16)12(20-3)15(21-13)18-9-7-5-4-6-8-10-18/h4-10,16H2,1-3H3. The number of carbonyl (C=O) groups excluding carboxylic acids is 1. The summed E-state index contributed by atoms with van der Waals surface area (Å²) in [6.45, 7) is 2.01. The number of hydrogen-bond donors (Lipinski definition) is 1. The number of hydrogen-bond acceptors (Lipinski definition) is 5. The van der Waals surface area contributed by atoms with E-state index < -0.39 is 0 Å². The van der Waals surface area contributed by atoms with Crippen LogP contribution in [0.4, 0.5) is 10.7 Å². The molecule has 1 aromatic heterocycles. The molecule has 0 saturated carbocycles. The molecule has 2 N–H and O–H groups in total. The van der Waals surface area contributed by atoms with Crippen molar-refractivity contribution in [1.82, 2.24) is 4.90 Å². The van der Waals surface area contributed by atoms with Gasteiger partial charge in [-0.05, 0) is 12.8 Å². The van der Waals surface area contributed by atoms with Gasteiger partial charge in [-0.25, -0.2) is 0 Å². The van der Waals surface area contributed by atoms with E-state index in [9.17, 15) is 4.79 Å². The predicted molar refractivity (Wildman–Crippen MR) is 88.6 cm³/mol. The molecule has 21 heavy (non-hydrogen) atoms. The highest BCUT2D eigenvalue weighted by Crippen LogP contribution is 2.45. The summed E-state index contributed by atoms with van der Waals surface area (Å²) in [6, 6.07) is 0. The van der Waals surface area contributed by atoms with Crippen molar-refractivity contribution >= 4 is 27.9 Å². The van der Waals surface area contributed by atoms with Gasteiger partial charge >= 0.3 is 0 Å². The van der Waals surface area contributed by atoms with Crippen LogP contribution in [0.2, 0.25) is 0 Å². The number of carbonyl (C=O) groups is 1. The Hall–Kier alpha value is -1.43. The van der Waals surface area contributed by atoms with Gasteiger partial charge in [0.05, 0.1) is 7.11 Å². The van der Waals surface area contributed by atoms with Gasteiger partial charge in [0.15, 0.2) is 5.75 Å². The van der Waals surface area contributed by atoms with Crippen LogP contribution in [0.25, 0.3) is 0 Å². The normalized spacial score (nSPS) is 16.2. The van der Waals surface area contributed by atoms with Crippen molar-refractivity contribution in [3.63, 3.8) is 0 Å². The molecule has 1 aromatic rings. The number of methoxy groups -OCH3 is 1. The summed E-state index contributed by atoms with van der Waals surface area (Å²) in [6.07, 6.45) is 6.21. The molecule has 1 saturated heterocycles. The molecule has 0 aromatic carbocycles. The molecule has 1 amide bonds. The monoisotopic (exact) mass is 311 g/mol. The van der Waals surface area contributed by atoms with Gasteiger partial charge < -0.3 is 20.3 Å². The Balaban J connectivity index is 2.33. The number of nitrogens with two attached hydrogens (primary N) is 1. The Morgan fingerprint density at radius 2 is 1.76 bits per heavy atom. The van der Waals surface area contributed by atoms with Crippen molar-refractivity contribution in [2.45, 2.75) is 32.1 Å².